The van der Waals surface area contributed by atoms with Gasteiger partial charge in [-0.05, 0) is 37.1 Å². The minimum absolute atomic E-state index is 0.00793. The molecular formula is C19H18F2N4O2. The number of ether oxygens (including phenoxy) is 1. The molecule has 3 heterocycles. The van der Waals surface area contributed by atoms with Crippen LogP contribution in [-0.4, -0.2) is 39.5 Å². The van der Waals surface area contributed by atoms with Crippen LogP contribution in [-0.2, 0) is 4.74 Å². The zero-order valence-corrected chi connectivity index (χ0v) is 14.4. The van der Waals surface area contributed by atoms with Crippen LogP contribution in [0.15, 0.2) is 48.9 Å². The number of carbonyl (C=O) groups excluding carboxylic acids is 1. The number of benzene rings is 1. The Labute approximate surface area is 154 Å². The maximum atomic E-state index is 14.3. The van der Waals surface area contributed by atoms with E-state index in [0.29, 0.717) is 19.0 Å². The van der Waals surface area contributed by atoms with Crippen molar-refractivity contribution in [1.29, 1.82) is 0 Å². The highest BCUT2D eigenvalue weighted by Gasteiger charge is 2.23. The van der Waals surface area contributed by atoms with Crippen LogP contribution in [0.25, 0.3) is 11.5 Å². The van der Waals surface area contributed by atoms with Crippen molar-refractivity contribution >= 4 is 5.91 Å². The highest BCUT2D eigenvalue weighted by molar-refractivity contribution is 5.97. The maximum Gasteiger partial charge on any atom is 0.256 e. The van der Waals surface area contributed by atoms with E-state index < -0.39 is 11.6 Å². The lowest BCUT2D eigenvalue weighted by atomic mass is 10.2. The molecule has 6 nitrogen and oxygen atoms in total. The first-order valence-electron chi connectivity index (χ1n) is 8.70. The minimum atomic E-state index is -0.766. The molecule has 1 aliphatic rings. The van der Waals surface area contributed by atoms with Gasteiger partial charge in [-0.15, -0.1) is 0 Å². The van der Waals surface area contributed by atoms with Gasteiger partial charge in [-0.1, -0.05) is 0 Å². The molecule has 0 bridgehead atoms. The Bertz CT molecular complexity index is 947. The van der Waals surface area contributed by atoms with Crippen molar-refractivity contribution in [3.05, 3.63) is 66.1 Å². The smallest absolute Gasteiger partial charge is 0.256 e. The minimum Gasteiger partial charge on any atom is -0.376 e. The zero-order chi connectivity index (χ0) is 18.8. The second-order valence-corrected chi connectivity index (χ2v) is 6.32. The molecule has 1 aliphatic heterocycles. The fraction of sp³-hybridized carbons (Fsp3) is 0.263. The Morgan fingerprint density at radius 3 is 2.81 bits per heavy atom. The number of rotatable bonds is 5. The van der Waals surface area contributed by atoms with E-state index in [2.05, 4.69) is 10.4 Å². The standard InChI is InChI=1S/C19H18F2N4O2/c20-13-5-6-17(16(21)10-13)25-19(24-7-1-2-8-24)15(12-23-25)18(26)22-11-14-4-3-9-27-14/h1-2,5-8,10,12,14H,3-4,9,11H2,(H,22,26). The van der Waals surface area contributed by atoms with Gasteiger partial charge in [0.2, 0.25) is 0 Å². The number of nitrogens with one attached hydrogen (secondary N) is 1. The molecule has 4 rings (SSSR count). The second-order valence-electron chi connectivity index (χ2n) is 6.32. The molecule has 0 saturated carbocycles. The van der Waals surface area contributed by atoms with E-state index in [1.54, 1.807) is 29.1 Å². The lowest BCUT2D eigenvalue weighted by Crippen LogP contribution is -2.32. The Balaban J connectivity index is 1.70. The molecule has 1 unspecified atom stereocenters. The molecule has 3 aromatic rings. The van der Waals surface area contributed by atoms with Crippen molar-refractivity contribution in [1.82, 2.24) is 19.7 Å². The molecule has 0 aliphatic carbocycles. The Kier molecular flexibility index (Phi) is 4.72. The van der Waals surface area contributed by atoms with Crippen LogP contribution in [0.5, 0.6) is 0 Å². The first-order valence-corrected chi connectivity index (χ1v) is 8.70. The molecule has 1 atom stereocenters. The van der Waals surface area contributed by atoms with Gasteiger partial charge in [-0.2, -0.15) is 5.10 Å². The van der Waals surface area contributed by atoms with Gasteiger partial charge in [0, 0.05) is 31.6 Å². The molecule has 0 spiro atoms. The quantitative estimate of drug-likeness (QED) is 0.749. The van der Waals surface area contributed by atoms with Crippen molar-refractivity contribution in [2.75, 3.05) is 13.2 Å². The summed E-state index contributed by atoms with van der Waals surface area (Å²) in [5.41, 5.74) is 0.339. The van der Waals surface area contributed by atoms with E-state index in [4.69, 9.17) is 4.74 Å². The first-order chi connectivity index (χ1) is 13.1. The van der Waals surface area contributed by atoms with E-state index >= 15 is 0 Å². The van der Waals surface area contributed by atoms with Gasteiger partial charge in [0.15, 0.2) is 11.6 Å². The summed E-state index contributed by atoms with van der Waals surface area (Å²) in [5.74, 6) is -1.41. The Morgan fingerprint density at radius 1 is 1.30 bits per heavy atom. The third-order valence-electron chi connectivity index (χ3n) is 4.49. The topological polar surface area (TPSA) is 61.1 Å². The van der Waals surface area contributed by atoms with Crippen LogP contribution in [0.2, 0.25) is 0 Å². The average molecular weight is 372 g/mol. The summed E-state index contributed by atoms with van der Waals surface area (Å²) in [5, 5.41) is 7.02. The van der Waals surface area contributed by atoms with Gasteiger partial charge in [0.05, 0.1) is 12.3 Å². The van der Waals surface area contributed by atoms with E-state index in [1.807, 2.05) is 0 Å². The molecule has 1 fully saturated rings. The fourth-order valence-electron chi connectivity index (χ4n) is 3.16. The van der Waals surface area contributed by atoms with Crippen LogP contribution >= 0.6 is 0 Å². The number of hydrogen-bond acceptors (Lipinski definition) is 3. The molecule has 1 N–H and O–H groups in total. The third-order valence-corrected chi connectivity index (χ3v) is 4.49. The predicted octanol–water partition coefficient (Wildman–Crippen LogP) is 2.85. The molecular weight excluding hydrogens is 354 g/mol. The van der Waals surface area contributed by atoms with Crippen molar-refractivity contribution in [2.24, 2.45) is 0 Å². The third kappa shape index (κ3) is 3.48. The SMILES string of the molecule is O=C(NCC1CCCO1)c1cnn(-c2ccc(F)cc2F)c1-n1cccc1. The number of halogens is 2. The number of amides is 1. The van der Waals surface area contributed by atoms with Gasteiger partial charge in [0.25, 0.3) is 5.91 Å². The molecule has 0 radical (unpaired) electrons. The average Bonchev–Trinajstić information content (AvgIpc) is 3.39. The summed E-state index contributed by atoms with van der Waals surface area (Å²) in [6.45, 7) is 1.11. The zero-order valence-electron chi connectivity index (χ0n) is 14.4. The lowest BCUT2D eigenvalue weighted by molar-refractivity contribution is 0.0857. The van der Waals surface area contributed by atoms with Crippen molar-refractivity contribution in [3.8, 4) is 11.5 Å². The van der Waals surface area contributed by atoms with Crippen molar-refractivity contribution < 1.29 is 18.3 Å². The van der Waals surface area contributed by atoms with E-state index in [0.717, 1.165) is 25.0 Å². The molecule has 1 amide bonds. The second kappa shape index (κ2) is 7.32. The van der Waals surface area contributed by atoms with Gasteiger partial charge in [0.1, 0.15) is 17.1 Å². The van der Waals surface area contributed by atoms with E-state index in [-0.39, 0.29) is 23.3 Å². The summed E-state index contributed by atoms with van der Waals surface area (Å²) < 4.78 is 36.0. The van der Waals surface area contributed by atoms with Crippen LogP contribution in [0.3, 0.4) is 0 Å². The summed E-state index contributed by atoms with van der Waals surface area (Å²) >= 11 is 0. The van der Waals surface area contributed by atoms with Gasteiger partial charge in [-0.25, -0.2) is 13.5 Å². The normalized spacial score (nSPS) is 16.6. The molecule has 1 saturated heterocycles. The summed E-state index contributed by atoms with van der Waals surface area (Å²) in [6.07, 6.45) is 6.73. The Morgan fingerprint density at radius 2 is 2.11 bits per heavy atom. The summed E-state index contributed by atoms with van der Waals surface area (Å²) in [6, 6.07) is 6.79. The van der Waals surface area contributed by atoms with E-state index in [9.17, 15) is 13.6 Å². The molecule has 140 valence electrons. The molecule has 1 aromatic carbocycles. The maximum absolute atomic E-state index is 14.3. The van der Waals surface area contributed by atoms with Gasteiger partial charge in [-0.3, -0.25) is 4.79 Å². The summed E-state index contributed by atoms with van der Waals surface area (Å²) in [7, 11) is 0. The monoisotopic (exact) mass is 372 g/mol. The van der Waals surface area contributed by atoms with Crippen molar-refractivity contribution in [3.63, 3.8) is 0 Å². The van der Waals surface area contributed by atoms with Crippen LogP contribution < -0.4 is 5.32 Å². The largest absolute Gasteiger partial charge is 0.376 e. The van der Waals surface area contributed by atoms with Crippen LogP contribution in [0.1, 0.15) is 23.2 Å². The van der Waals surface area contributed by atoms with Crippen LogP contribution in [0.4, 0.5) is 8.78 Å². The summed E-state index contributed by atoms with van der Waals surface area (Å²) in [4.78, 5) is 12.7. The highest BCUT2D eigenvalue weighted by atomic mass is 19.1. The highest BCUT2D eigenvalue weighted by Crippen LogP contribution is 2.22. The van der Waals surface area contributed by atoms with Gasteiger partial charge >= 0.3 is 0 Å². The van der Waals surface area contributed by atoms with E-state index in [1.165, 1.54) is 16.9 Å². The number of carbonyl (C=O) groups is 1. The number of aromatic nitrogens is 3. The predicted molar refractivity (Wildman–Crippen MR) is 94.1 cm³/mol. The number of hydrogen-bond donors (Lipinski definition) is 1. The van der Waals surface area contributed by atoms with Crippen molar-refractivity contribution in [2.45, 2.75) is 18.9 Å². The number of nitrogens with zero attached hydrogens (tertiary/aromatic N) is 3. The molecule has 2 aromatic heterocycles. The van der Waals surface area contributed by atoms with Gasteiger partial charge < -0.3 is 14.6 Å². The lowest BCUT2D eigenvalue weighted by Gasteiger charge is -2.13. The first kappa shape index (κ1) is 17.4. The fourth-order valence-corrected chi connectivity index (χ4v) is 3.16. The molecule has 8 heteroatoms. The van der Waals surface area contributed by atoms with Crippen LogP contribution in [0, 0.1) is 11.6 Å². The Hall–Kier alpha value is -3.00. The molecule has 27 heavy (non-hydrogen) atoms.